The summed E-state index contributed by atoms with van der Waals surface area (Å²) in [4.78, 5) is 20.8. The molecule has 4 rings (SSSR count). The van der Waals surface area contributed by atoms with Gasteiger partial charge in [0.05, 0.1) is 18.1 Å². The summed E-state index contributed by atoms with van der Waals surface area (Å²) in [6, 6.07) is 6.80. The number of anilines is 1. The van der Waals surface area contributed by atoms with E-state index in [-0.39, 0.29) is 11.7 Å². The molecule has 3 unspecified atom stereocenters. The van der Waals surface area contributed by atoms with E-state index < -0.39 is 0 Å². The van der Waals surface area contributed by atoms with Crippen molar-refractivity contribution in [2.24, 2.45) is 17.8 Å². The van der Waals surface area contributed by atoms with E-state index in [0.717, 1.165) is 17.4 Å². The zero-order valence-electron chi connectivity index (χ0n) is 13.5. The number of rotatable bonds is 4. The average Bonchev–Trinajstić information content (AvgIpc) is 3.18. The third-order valence-corrected chi connectivity index (χ3v) is 5.37. The Bertz CT molecular complexity index is 745. The van der Waals surface area contributed by atoms with Gasteiger partial charge in [0.25, 0.3) is 0 Å². The minimum absolute atomic E-state index is 0.0567. The van der Waals surface area contributed by atoms with Crippen LogP contribution >= 0.6 is 0 Å². The molecule has 3 atom stereocenters. The summed E-state index contributed by atoms with van der Waals surface area (Å²) < 4.78 is 0. The fraction of sp³-hybridized carbons (Fsp3) is 0.421. The zero-order valence-corrected chi connectivity index (χ0v) is 13.5. The van der Waals surface area contributed by atoms with Crippen molar-refractivity contribution in [3.63, 3.8) is 0 Å². The molecule has 0 spiro atoms. The summed E-state index contributed by atoms with van der Waals surface area (Å²) >= 11 is 0. The molecule has 24 heavy (non-hydrogen) atoms. The Labute approximate surface area is 141 Å². The van der Waals surface area contributed by atoms with Crippen molar-refractivity contribution >= 4 is 11.6 Å². The Hall–Kier alpha value is -2.43. The maximum atomic E-state index is 12.2. The molecule has 1 aromatic carbocycles. The number of aromatic hydroxyl groups is 1. The largest absolute Gasteiger partial charge is 0.508 e. The van der Waals surface area contributed by atoms with Gasteiger partial charge in [-0.05, 0) is 49.1 Å². The van der Waals surface area contributed by atoms with Gasteiger partial charge >= 0.3 is 0 Å². The maximum absolute atomic E-state index is 12.2. The molecule has 1 heterocycles. The zero-order chi connectivity index (χ0) is 16.5. The number of carbonyl (C=O) groups is 1. The van der Waals surface area contributed by atoms with Crippen LogP contribution in [0.2, 0.25) is 0 Å². The van der Waals surface area contributed by atoms with Crippen LogP contribution in [0.15, 0.2) is 36.7 Å². The molecule has 1 aromatic heterocycles. The lowest BCUT2D eigenvalue weighted by atomic mass is 9.86. The van der Waals surface area contributed by atoms with Gasteiger partial charge in [0.1, 0.15) is 5.75 Å². The van der Waals surface area contributed by atoms with Gasteiger partial charge in [0, 0.05) is 12.0 Å². The number of amides is 1. The van der Waals surface area contributed by atoms with E-state index in [9.17, 15) is 9.90 Å². The third kappa shape index (κ3) is 3.11. The van der Waals surface area contributed by atoms with Crippen LogP contribution in [0.3, 0.4) is 0 Å². The maximum Gasteiger partial charge on any atom is 0.224 e. The number of nitrogens with zero attached hydrogens (tertiary/aromatic N) is 2. The smallest absolute Gasteiger partial charge is 0.224 e. The van der Waals surface area contributed by atoms with Crippen LogP contribution in [-0.2, 0) is 4.79 Å². The number of nitrogens with one attached hydrogen (secondary N) is 1. The van der Waals surface area contributed by atoms with Gasteiger partial charge < -0.3 is 10.4 Å². The lowest BCUT2D eigenvalue weighted by Crippen LogP contribution is -2.20. The molecule has 2 bridgehead atoms. The molecule has 2 aliphatic rings. The van der Waals surface area contributed by atoms with Crippen molar-refractivity contribution in [3.8, 4) is 17.1 Å². The van der Waals surface area contributed by atoms with E-state index in [1.807, 2.05) is 6.07 Å². The fourth-order valence-electron chi connectivity index (χ4n) is 4.26. The summed E-state index contributed by atoms with van der Waals surface area (Å²) in [5.74, 6) is 2.93. The minimum atomic E-state index is 0.0567. The van der Waals surface area contributed by atoms with Crippen LogP contribution in [0.1, 0.15) is 32.1 Å². The number of hydrogen-bond acceptors (Lipinski definition) is 4. The Morgan fingerprint density at radius 2 is 2.04 bits per heavy atom. The van der Waals surface area contributed by atoms with Gasteiger partial charge in [-0.15, -0.1) is 0 Å². The number of aromatic nitrogens is 2. The predicted octanol–water partition coefficient (Wildman–Crippen LogP) is 3.61. The number of carbonyl (C=O) groups excluding carboxylic acids is 1. The van der Waals surface area contributed by atoms with Crippen molar-refractivity contribution in [2.45, 2.75) is 32.1 Å². The van der Waals surface area contributed by atoms with Gasteiger partial charge in [-0.3, -0.25) is 4.79 Å². The summed E-state index contributed by atoms with van der Waals surface area (Å²) in [6.45, 7) is 0. The molecular formula is C19H21N3O2. The summed E-state index contributed by atoms with van der Waals surface area (Å²) in [5, 5.41) is 12.4. The second kappa shape index (κ2) is 6.23. The average molecular weight is 323 g/mol. The van der Waals surface area contributed by atoms with E-state index in [2.05, 4.69) is 15.3 Å². The highest BCUT2D eigenvalue weighted by Gasteiger charge is 2.40. The monoisotopic (exact) mass is 323 g/mol. The van der Waals surface area contributed by atoms with Crippen molar-refractivity contribution in [1.82, 2.24) is 9.97 Å². The van der Waals surface area contributed by atoms with Gasteiger partial charge in [0.2, 0.25) is 5.91 Å². The standard InChI is InChI=1S/C19H21N3O2/c23-17-3-1-2-14(8-17)19-20-10-16(11-21-19)22-18(24)9-15-7-12-4-5-13(15)6-12/h1-3,8,10-13,15,23H,4-7,9H2,(H,22,24). The highest BCUT2D eigenvalue weighted by Crippen LogP contribution is 2.49. The van der Waals surface area contributed by atoms with E-state index in [1.165, 1.54) is 25.7 Å². The third-order valence-electron chi connectivity index (χ3n) is 5.37. The Morgan fingerprint density at radius 3 is 2.71 bits per heavy atom. The molecular weight excluding hydrogens is 302 g/mol. The molecule has 1 amide bonds. The number of phenols is 1. The van der Waals surface area contributed by atoms with E-state index in [0.29, 0.717) is 23.9 Å². The predicted molar refractivity (Wildman–Crippen MR) is 91.3 cm³/mol. The number of hydrogen-bond donors (Lipinski definition) is 2. The van der Waals surface area contributed by atoms with Gasteiger partial charge in [-0.25, -0.2) is 9.97 Å². The lowest BCUT2D eigenvalue weighted by molar-refractivity contribution is -0.117. The van der Waals surface area contributed by atoms with Crippen molar-refractivity contribution in [3.05, 3.63) is 36.7 Å². The minimum Gasteiger partial charge on any atom is -0.508 e. The second-order valence-corrected chi connectivity index (χ2v) is 7.03. The molecule has 5 nitrogen and oxygen atoms in total. The molecule has 2 N–H and O–H groups in total. The first-order valence-electron chi connectivity index (χ1n) is 8.58. The Morgan fingerprint density at radius 1 is 1.21 bits per heavy atom. The molecule has 0 aliphatic heterocycles. The van der Waals surface area contributed by atoms with Crippen molar-refractivity contribution in [1.29, 1.82) is 0 Å². The Kier molecular flexibility index (Phi) is 3.92. The Balaban J connectivity index is 1.37. The first-order chi connectivity index (χ1) is 11.7. The summed E-state index contributed by atoms with van der Waals surface area (Å²) in [6.07, 6.45) is 9.02. The topological polar surface area (TPSA) is 75.1 Å². The van der Waals surface area contributed by atoms with E-state index >= 15 is 0 Å². The highest BCUT2D eigenvalue weighted by molar-refractivity contribution is 5.90. The quantitative estimate of drug-likeness (QED) is 0.901. The molecule has 2 saturated carbocycles. The van der Waals surface area contributed by atoms with Crippen molar-refractivity contribution in [2.75, 3.05) is 5.32 Å². The van der Waals surface area contributed by atoms with Crippen LogP contribution in [0, 0.1) is 17.8 Å². The van der Waals surface area contributed by atoms with Crippen LogP contribution in [-0.4, -0.2) is 21.0 Å². The lowest BCUT2D eigenvalue weighted by Gasteiger charge is -2.20. The molecule has 2 fully saturated rings. The molecule has 5 heteroatoms. The van der Waals surface area contributed by atoms with Crippen LogP contribution in [0.25, 0.3) is 11.4 Å². The second-order valence-electron chi connectivity index (χ2n) is 7.03. The summed E-state index contributed by atoms with van der Waals surface area (Å²) in [7, 11) is 0. The summed E-state index contributed by atoms with van der Waals surface area (Å²) in [5.41, 5.74) is 1.36. The fourth-order valence-corrected chi connectivity index (χ4v) is 4.26. The number of benzene rings is 1. The van der Waals surface area contributed by atoms with Gasteiger partial charge in [-0.1, -0.05) is 18.6 Å². The van der Waals surface area contributed by atoms with Crippen LogP contribution in [0.5, 0.6) is 5.75 Å². The van der Waals surface area contributed by atoms with E-state index in [4.69, 9.17) is 0 Å². The van der Waals surface area contributed by atoms with Gasteiger partial charge in [0.15, 0.2) is 5.82 Å². The first kappa shape index (κ1) is 15.1. The normalized spacial score (nSPS) is 24.9. The molecule has 2 aromatic rings. The van der Waals surface area contributed by atoms with Gasteiger partial charge in [-0.2, -0.15) is 0 Å². The SMILES string of the molecule is O=C(CC1CC2CCC1C2)Nc1cnc(-c2cccc(O)c2)nc1. The molecule has 124 valence electrons. The number of phenolic OH excluding ortho intramolecular Hbond substituents is 1. The molecule has 0 radical (unpaired) electrons. The van der Waals surface area contributed by atoms with Crippen molar-refractivity contribution < 1.29 is 9.90 Å². The first-order valence-corrected chi connectivity index (χ1v) is 8.58. The molecule has 2 aliphatic carbocycles. The molecule has 0 saturated heterocycles. The highest BCUT2D eigenvalue weighted by atomic mass is 16.3. The van der Waals surface area contributed by atoms with E-state index in [1.54, 1.807) is 30.6 Å². The van der Waals surface area contributed by atoms with Crippen LogP contribution < -0.4 is 5.32 Å². The number of fused-ring (bicyclic) bond motifs is 2. The van der Waals surface area contributed by atoms with Crippen LogP contribution in [0.4, 0.5) is 5.69 Å².